The SMILES string of the molecule is CCc1ccc(OCc2cccc(C(=O)N3CCN(Cc4ccccc4Cl)CC3)c2)cc1. The van der Waals surface area contributed by atoms with Crippen LogP contribution < -0.4 is 4.74 Å². The van der Waals surface area contributed by atoms with Gasteiger partial charge in [-0.05, 0) is 53.4 Å². The summed E-state index contributed by atoms with van der Waals surface area (Å²) < 4.78 is 5.91. The summed E-state index contributed by atoms with van der Waals surface area (Å²) in [7, 11) is 0. The van der Waals surface area contributed by atoms with Crippen LogP contribution in [0.2, 0.25) is 5.02 Å². The summed E-state index contributed by atoms with van der Waals surface area (Å²) in [6.07, 6.45) is 1.01. The van der Waals surface area contributed by atoms with Gasteiger partial charge in [-0.2, -0.15) is 0 Å². The van der Waals surface area contributed by atoms with Crippen molar-refractivity contribution in [2.75, 3.05) is 26.2 Å². The summed E-state index contributed by atoms with van der Waals surface area (Å²) in [6, 6.07) is 23.9. The highest BCUT2D eigenvalue weighted by molar-refractivity contribution is 6.31. The highest BCUT2D eigenvalue weighted by atomic mass is 35.5. The third-order valence-electron chi connectivity index (χ3n) is 5.92. The molecule has 1 aliphatic rings. The van der Waals surface area contributed by atoms with Crippen molar-refractivity contribution in [2.24, 2.45) is 0 Å². The highest BCUT2D eigenvalue weighted by Crippen LogP contribution is 2.19. The van der Waals surface area contributed by atoms with Crippen LogP contribution in [-0.4, -0.2) is 41.9 Å². The molecular weight excluding hydrogens is 420 g/mol. The van der Waals surface area contributed by atoms with Crippen LogP contribution in [0.5, 0.6) is 5.75 Å². The van der Waals surface area contributed by atoms with Crippen molar-refractivity contribution in [3.8, 4) is 5.75 Å². The second kappa shape index (κ2) is 10.7. The van der Waals surface area contributed by atoms with E-state index in [0.29, 0.717) is 25.3 Å². The summed E-state index contributed by atoms with van der Waals surface area (Å²) in [5.74, 6) is 0.921. The maximum atomic E-state index is 13.1. The summed E-state index contributed by atoms with van der Waals surface area (Å²) in [6.45, 7) is 6.51. The zero-order chi connectivity index (χ0) is 22.3. The maximum Gasteiger partial charge on any atom is 0.253 e. The van der Waals surface area contributed by atoms with Gasteiger partial charge in [0, 0.05) is 43.3 Å². The molecule has 4 nitrogen and oxygen atoms in total. The van der Waals surface area contributed by atoms with E-state index in [9.17, 15) is 4.79 Å². The van der Waals surface area contributed by atoms with E-state index in [1.807, 2.05) is 59.5 Å². The fourth-order valence-electron chi connectivity index (χ4n) is 3.94. The fourth-order valence-corrected chi connectivity index (χ4v) is 4.14. The first-order chi connectivity index (χ1) is 15.6. The number of aryl methyl sites for hydroxylation is 1. The summed E-state index contributed by atoms with van der Waals surface area (Å²) in [5.41, 5.74) is 4.13. The maximum absolute atomic E-state index is 13.1. The van der Waals surface area contributed by atoms with Gasteiger partial charge in [0.1, 0.15) is 12.4 Å². The van der Waals surface area contributed by atoms with Gasteiger partial charge in [0.25, 0.3) is 5.91 Å². The molecule has 1 saturated heterocycles. The second-order valence-corrected chi connectivity index (χ2v) is 8.55. The minimum atomic E-state index is 0.0801. The largest absolute Gasteiger partial charge is 0.489 e. The number of ether oxygens (including phenoxy) is 1. The monoisotopic (exact) mass is 448 g/mol. The molecule has 0 saturated carbocycles. The molecule has 0 aliphatic carbocycles. The van der Waals surface area contributed by atoms with Gasteiger partial charge in [-0.25, -0.2) is 0 Å². The van der Waals surface area contributed by atoms with Crippen LogP contribution in [0.3, 0.4) is 0 Å². The van der Waals surface area contributed by atoms with Crippen molar-refractivity contribution in [3.63, 3.8) is 0 Å². The normalized spacial score (nSPS) is 14.4. The molecule has 1 amide bonds. The average Bonchev–Trinajstić information content (AvgIpc) is 2.85. The molecular formula is C27H29ClN2O2. The molecule has 5 heteroatoms. The Bertz CT molecular complexity index is 1040. The average molecular weight is 449 g/mol. The smallest absolute Gasteiger partial charge is 0.253 e. The number of rotatable bonds is 7. The third-order valence-corrected chi connectivity index (χ3v) is 6.29. The summed E-state index contributed by atoms with van der Waals surface area (Å²) in [5, 5.41) is 0.798. The van der Waals surface area contributed by atoms with Crippen LogP contribution >= 0.6 is 11.6 Å². The van der Waals surface area contributed by atoms with Gasteiger partial charge in [0.2, 0.25) is 0 Å². The van der Waals surface area contributed by atoms with Crippen molar-refractivity contribution in [1.82, 2.24) is 9.80 Å². The number of carbonyl (C=O) groups is 1. The molecule has 0 aromatic heterocycles. The number of amides is 1. The van der Waals surface area contributed by atoms with Crippen molar-refractivity contribution in [2.45, 2.75) is 26.5 Å². The highest BCUT2D eigenvalue weighted by Gasteiger charge is 2.22. The summed E-state index contributed by atoms with van der Waals surface area (Å²) >= 11 is 6.29. The Morgan fingerprint density at radius 2 is 1.66 bits per heavy atom. The minimum absolute atomic E-state index is 0.0801. The van der Waals surface area contributed by atoms with E-state index in [4.69, 9.17) is 16.3 Å². The Morgan fingerprint density at radius 1 is 0.906 bits per heavy atom. The van der Waals surface area contributed by atoms with Gasteiger partial charge in [0.15, 0.2) is 0 Å². The molecule has 0 atom stereocenters. The number of benzene rings is 3. The lowest BCUT2D eigenvalue weighted by Gasteiger charge is -2.35. The van der Waals surface area contributed by atoms with E-state index in [-0.39, 0.29) is 5.91 Å². The fraction of sp³-hybridized carbons (Fsp3) is 0.296. The zero-order valence-electron chi connectivity index (χ0n) is 18.5. The molecule has 3 aromatic rings. The Morgan fingerprint density at radius 3 is 2.38 bits per heavy atom. The van der Waals surface area contributed by atoms with Gasteiger partial charge >= 0.3 is 0 Å². The number of halogens is 1. The Balaban J connectivity index is 1.31. The number of hydrogen-bond donors (Lipinski definition) is 0. The quantitative estimate of drug-likeness (QED) is 0.482. The van der Waals surface area contributed by atoms with E-state index < -0.39 is 0 Å². The standard InChI is InChI=1S/C27H29ClN2O2/c1-2-21-10-12-25(13-11-21)32-20-22-6-5-8-23(18-22)27(31)30-16-14-29(15-17-30)19-24-7-3-4-9-26(24)28/h3-13,18H,2,14-17,19-20H2,1H3. The van der Waals surface area contributed by atoms with Crippen molar-refractivity contribution in [1.29, 1.82) is 0 Å². The molecule has 0 radical (unpaired) electrons. The Kier molecular flexibility index (Phi) is 7.46. The predicted octanol–water partition coefficient (Wildman–Crippen LogP) is 5.44. The lowest BCUT2D eigenvalue weighted by molar-refractivity contribution is 0.0628. The molecule has 0 unspecified atom stereocenters. The van der Waals surface area contributed by atoms with Gasteiger partial charge in [-0.3, -0.25) is 9.69 Å². The molecule has 0 spiro atoms. The Labute approximate surface area is 195 Å². The van der Waals surface area contributed by atoms with Crippen molar-refractivity contribution >= 4 is 17.5 Å². The number of piperazine rings is 1. The van der Waals surface area contributed by atoms with Gasteiger partial charge in [0.05, 0.1) is 0 Å². The van der Waals surface area contributed by atoms with Gasteiger partial charge in [-0.15, -0.1) is 0 Å². The Hall–Kier alpha value is -2.82. The lowest BCUT2D eigenvalue weighted by atomic mass is 10.1. The first-order valence-corrected chi connectivity index (χ1v) is 11.6. The molecule has 1 aliphatic heterocycles. The van der Waals surface area contributed by atoms with E-state index in [0.717, 1.165) is 48.0 Å². The number of hydrogen-bond acceptors (Lipinski definition) is 3. The molecule has 0 bridgehead atoms. The molecule has 3 aromatic carbocycles. The number of nitrogens with zero attached hydrogens (tertiary/aromatic N) is 2. The van der Waals surface area contributed by atoms with Crippen LogP contribution in [0.1, 0.15) is 34.0 Å². The van der Waals surface area contributed by atoms with E-state index >= 15 is 0 Å². The molecule has 1 heterocycles. The molecule has 1 fully saturated rings. The van der Waals surface area contributed by atoms with Crippen molar-refractivity contribution in [3.05, 3.63) is 100 Å². The first-order valence-electron chi connectivity index (χ1n) is 11.2. The molecule has 4 rings (SSSR count). The van der Waals surface area contributed by atoms with Crippen LogP contribution in [0.4, 0.5) is 0 Å². The van der Waals surface area contributed by atoms with E-state index in [1.54, 1.807) is 0 Å². The lowest BCUT2D eigenvalue weighted by Crippen LogP contribution is -2.48. The third kappa shape index (κ3) is 5.70. The van der Waals surface area contributed by atoms with Crippen LogP contribution in [0.25, 0.3) is 0 Å². The zero-order valence-corrected chi connectivity index (χ0v) is 19.2. The van der Waals surface area contributed by atoms with Crippen LogP contribution in [-0.2, 0) is 19.6 Å². The topological polar surface area (TPSA) is 32.8 Å². The van der Waals surface area contributed by atoms with E-state index in [2.05, 4.69) is 30.0 Å². The molecule has 166 valence electrons. The van der Waals surface area contributed by atoms with E-state index in [1.165, 1.54) is 5.56 Å². The van der Waals surface area contributed by atoms with Gasteiger partial charge < -0.3 is 9.64 Å². The predicted molar refractivity (Wildman–Crippen MR) is 129 cm³/mol. The second-order valence-electron chi connectivity index (χ2n) is 8.15. The van der Waals surface area contributed by atoms with Crippen LogP contribution in [0, 0.1) is 0 Å². The minimum Gasteiger partial charge on any atom is -0.489 e. The molecule has 0 N–H and O–H groups in total. The first kappa shape index (κ1) is 22.4. The number of carbonyl (C=O) groups excluding carboxylic acids is 1. The van der Waals surface area contributed by atoms with Gasteiger partial charge in [-0.1, -0.05) is 61.0 Å². The van der Waals surface area contributed by atoms with Crippen molar-refractivity contribution < 1.29 is 9.53 Å². The molecule has 32 heavy (non-hydrogen) atoms. The summed E-state index contributed by atoms with van der Waals surface area (Å²) in [4.78, 5) is 17.3. The van der Waals surface area contributed by atoms with Crippen LogP contribution in [0.15, 0.2) is 72.8 Å².